The zero-order valence-corrected chi connectivity index (χ0v) is 16.5. The fraction of sp³-hybridized carbons (Fsp3) is 0.400. The van der Waals surface area contributed by atoms with E-state index in [1.165, 1.54) is 20.6 Å². The van der Waals surface area contributed by atoms with E-state index in [-0.39, 0.29) is 5.91 Å². The second-order valence-electron chi connectivity index (χ2n) is 6.73. The van der Waals surface area contributed by atoms with Crippen LogP contribution in [-0.4, -0.2) is 38.2 Å². The summed E-state index contributed by atoms with van der Waals surface area (Å²) in [6.45, 7) is 4.24. The Kier molecular flexibility index (Phi) is 6.06. The van der Waals surface area contributed by atoms with Gasteiger partial charge in [0.1, 0.15) is 17.2 Å². The Labute approximate surface area is 164 Å². The van der Waals surface area contributed by atoms with Gasteiger partial charge in [-0.3, -0.25) is 9.78 Å². The Morgan fingerprint density at radius 3 is 2.74 bits per heavy atom. The van der Waals surface area contributed by atoms with E-state index in [0.717, 1.165) is 25.2 Å². The molecule has 1 aliphatic rings. The number of benzene rings is 1. The van der Waals surface area contributed by atoms with Crippen LogP contribution in [0.1, 0.15) is 30.3 Å². The Morgan fingerprint density at radius 1 is 1.26 bits per heavy atom. The molecule has 1 unspecified atom stereocenters. The quantitative estimate of drug-likeness (QED) is 0.828. The third-order valence-electron chi connectivity index (χ3n) is 4.72. The van der Waals surface area contributed by atoms with Gasteiger partial charge in [-0.05, 0) is 30.9 Å². The summed E-state index contributed by atoms with van der Waals surface area (Å²) in [5, 5.41) is 3.24. The van der Waals surface area contributed by atoms with Crippen molar-refractivity contribution in [1.29, 1.82) is 0 Å². The molecule has 144 valence electrons. The molecule has 0 radical (unpaired) electrons. The maximum Gasteiger partial charge on any atom is 0.274 e. The van der Waals surface area contributed by atoms with Gasteiger partial charge >= 0.3 is 0 Å². The minimum atomic E-state index is -0.315. The maximum atomic E-state index is 12.7. The number of carbonyl (C=O) groups is 1. The van der Waals surface area contributed by atoms with Gasteiger partial charge in [0.2, 0.25) is 0 Å². The van der Waals surface area contributed by atoms with E-state index in [2.05, 4.69) is 22.1 Å². The molecule has 1 atom stereocenters. The van der Waals surface area contributed by atoms with Gasteiger partial charge in [-0.25, -0.2) is 0 Å². The highest BCUT2D eigenvalue weighted by Crippen LogP contribution is 2.36. The van der Waals surface area contributed by atoms with Crippen LogP contribution in [0.15, 0.2) is 30.5 Å². The predicted molar refractivity (Wildman–Crippen MR) is 107 cm³/mol. The van der Waals surface area contributed by atoms with Crippen LogP contribution >= 0.6 is 11.6 Å². The molecule has 2 heterocycles. The fourth-order valence-electron chi connectivity index (χ4n) is 3.31. The molecular weight excluding hydrogens is 366 g/mol. The van der Waals surface area contributed by atoms with Crippen LogP contribution in [0.4, 0.5) is 11.4 Å². The molecule has 1 N–H and O–H groups in total. The first kappa shape index (κ1) is 19.3. The Balaban J connectivity index is 1.82. The average Bonchev–Trinajstić information content (AvgIpc) is 2.69. The second-order valence-corrected chi connectivity index (χ2v) is 7.14. The number of halogens is 1. The van der Waals surface area contributed by atoms with Gasteiger partial charge in [-0.15, -0.1) is 0 Å². The zero-order chi connectivity index (χ0) is 19.4. The molecule has 3 rings (SSSR count). The van der Waals surface area contributed by atoms with Gasteiger partial charge in [0.25, 0.3) is 5.91 Å². The van der Waals surface area contributed by atoms with Gasteiger partial charge in [0.05, 0.1) is 24.9 Å². The Morgan fingerprint density at radius 2 is 2.04 bits per heavy atom. The normalized spacial score (nSPS) is 16.7. The average molecular weight is 390 g/mol. The number of aromatic nitrogens is 1. The van der Waals surface area contributed by atoms with Crippen molar-refractivity contribution < 1.29 is 14.3 Å². The first-order chi connectivity index (χ1) is 13.0. The third-order valence-corrected chi connectivity index (χ3v) is 5.02. The molecule has 1 fully saturated rings. The van der Waals surface area contributed by atoms with E-state index >= 15 is 0 Å². The van der Waals surface area contributed by atoms with E-state index < -0.39 is 0 Å². The van der Waals surface area contributed by atoms with Crippen molar-refractivity contribution in [3.63, 3.8) is 0 Å². The van der Waals surface area contributed by atoms with E-state index in [1.54, 1.807) is 18.3 Å². The Bertz CT molecular complexity index is 828. The molecule has 1 saturated heterocycles. The van der Waals surface area contributed by atoms with Crippen LogP contribution in [-0.2, 0) is 0 Å². The molecule has 0 bridgehead atoms. The first-order valence-corrected chi connectivity index (χ1v) is 9.33. The molecule has 0 saturated carbocycles. The topological polar surface area (TPSA) is 63.7 Å². The predicted octanol–water partition coefficient (Wildman–Crippen LogP) is 4.24. The highest BCUT2D eigenvalue weighted by molar-refractivity contribution is 6.32. The van der Waals surface area contributed by atoms with E-state index in [9.17, 15) is 4.79 Å². The van der Waals surface area contributed by atoms with Crippen molar-refractivity contribution >= 4 is 28.9 Å². The molecule has 6 nitrogen and oxygen atoms in total. The third kappa shape index (κ3) is 4.45. The molecule has 1 amide bonds. The van der Waals surface area contributed by atoms with Crippen molar-refractivity contribution in [2.45, 2.75) is 19.8 Å². The maximum absolute atomic E-state index is 12.7. The molecule has 0 spiro atoms. The molecule has 7 heteroatoms. The lowest BCUT2D eigenvalue weighted by molar-refractivity contribution is 0.102. The smallest absolute Gasteiger partial charge is 0.274 e. The number of nitrogens with zero attached hydrogens (tertiary/aromatic N) is 2. The lowest BCUT2D eigenvalue weighted by Crippen LogP contribution is -2.34. The number of piperidine rings is 1. The summed E-state index contributed by atoms with van der Waals surface area (Å²) in [5.41, 5.74) is 1.84. The number of hydrogen-bond donors (Lipinski definition) is 1. The largest absolute Gasteiger partial charge is 0.495 e. The molecule has 1 aliphatic heterocycles. The molecule has 1 aromatic carbocycles. The molecular formula is C20H24ClN3O3. The second kappa shape index (κ2) is 8.48. The summed E-state index contributed by atoms with van der Waals surface area (Å²) in [6.07, 6.45) is 4.07. The number of nitrogens with one attached hydrogen (secondary N) is 1. The van der Waals surface area contributed by atoms with Crippen molar-refractivity contribution in [2.75, 3.05) is 37.5 Å². The summed E-state index contributed by atoms with van der Waals surface area (Å²) < 4.78 is 10.5. The van der Waals surface area contributed by atoms with Crippen LogP contribution in [0.3, 0.4) is 0 Å². The number of carbonyl (C=O) groups excluding carboxylic acids is 1. The van der Waals surface area contributed by atoms with Crippen LogP contribution in [0, 0.1) is 5.92 Å². The Hall–Kier alpha value is -2.47. The zero-order valence-electron chi connectivity index (χ0n) is 15.8. The number of hydrogen-bond acceptors (Lipinski definition) is 5. The monoisotopic (exact) mass is 389 g/mol. The summed E-state index contributed by atoms with van der Waals surface area (Å²) in [4.78, 5) is 19.3. The van der Waals surface area contributed by atoms with Gasteiger partial charge in [0, 0.05) is 37.1 Å². The van der Waals surface area contributed by atoms with Crippen LogP contribution in [0.2, 0.25) is 5.02 Å². The SMILES string of the molecule is COc1cc(NC(=O)c2cc(N3CCCC(C)C3)ccn2)c(OC)cc1Cl. The number of rotatable bonds is 5. The number of pyridine rings is 1. The van der Waals surface area contributed by atoms with Crippen molar-refractivity contribution in [1.82, 2.24) is 4.98 Å². The minimum absolute atomic E-state index is 0.315. The lowest BCUT2D eigenvalue weighted by Gasteiger charge is -2.32. The van der Waals surface area contributed by atoms with Gasteiger partial charge in [-0.1, -0.05) is 18.5 Å². The number of methoxy groups -OCH3 is 2. The van der Waals surface area contributed by atoms with Crippen LogP contribution in [0.25, 0.3) is 0 Å². The van der Waals surface area contributed by atoms with Crippen LogP contribution < -0.4 is 19.7 Å². The number of amides is 1. The fourth-order valence-corrected chi connectivity index (χ4v) is 3.54. The first-order valence-electron chi connectivity index (χ1n) is 8.95. The minimum Gasteiger partial charge on any atom is -0.495 e. The summed E-state index contributed by atoms with van der Waals surface area (Å²) >= 11 is 6.12. The number of anilines is 2. The van der Waals surface area contributed by atoms with Crippen molar-refractivity contribution in [2.24, 2.45) is 5.92 Å². The lowest BCUT2D eigenvalue weighted by atomic mass is 10.00. The van der Waals surface area contributed by atoms with Gasteiger partial charge in [-0.2, -0.15) is 0 Å². The van der Waals surface area contributed by atoms with Crippen molar-refractivity contribution in [3.05, 3.63) is 41.2 Å². The molecule has 27 heavy (non-hydrogen) atoms. The molecule has 2 aromatic rings. The molecule has 0 aliphatic carbocycles. The summed E-state index contributed by atoms with van der Waals surface area (Å²) in [7, 11) is 3.04. The summed E-state index contributed by atoms with van der Waals surface area (Å²) in [6, 6.07) is 7.01. The van der Waals surface area contributed by atoms with Crippen LogP contribution in [0.5, 0.6) is 11.5 Å². The standard InChI is InChI=1S/C20H24ClN3O3/c1-13-5-4-8-24(12-13)14-6-7-22-17(9-14)20(25)23-16-11-18(26-2)15(21)10-19(16)27-3/h6-7,9-11,13H,4-5,8,12H2,1-3H3,(H,23,25). The van der Waals surface area contributed by atoms with Crippen molar-refractivity contribution in [3.8, 4) is 11.5 Å². The molecule has 1 aromatic heterocycles. The van der Waals surface area contributed by atoms with Gasteiger partial charge in [0.15, 0.2) is 0 Å². The van der Waals surface area contributed by atoms with E-state index in [0.29, 0.717) is 33.8 Å². The van der Waals surface area contributed by atoms with Gasteiger partial charge < -0.3 is 19.7 Å². The number of ether oxygens (including phenoxy) is 2. The highest BCUT2D eigenvalue weighted by Gasteiger charge is 2.19. The van der Waals surface area contributed by atoms with E-state index in [4.69, 9.17) is 21.1 Å². The highest BCUT2D eigenvalue weighted by atomic mass is 35.5. The summed E-state index contributed by atoms with van der Waals surface area (Å²) in [5.74, 6) is 1.24. The van der Waals surface area contributed by atoms with E-state index in [1.807, 2.05) is 12.1 Å².